The number of hydrogen-bond donors (Lipinski definition) is 2. The molecule has 6 heteroatoms. The van der Waals surface area contributed by atoms with Crippen molar-refractivity contribution in [2.45, 2.75) is 50.2 Å². The molecule has 0 saturated carbocycles. The number of aliphatic imine (C=N–C) groups is 1. The molecule has 0 aliphatic carbocycles. The third-order valence-corrected chi connectivity index (χ3v) is 5.28. The van der Waals surface area contributed by atoms with Crippen LogP contribution in [0.15, 0.2) is 4.99 Å². The molecule has 3 heterocycles. The molecule has 22 heavy (non-hydrogen) atoms. The molecule has 126 valence electrons. The Bertz CT molecular complexity index is 370. The zero-order valence-corrected chi connectivity index (χ0v) is 13.6. The largest absolute Gasteiger partial charge is 0.381 e. The molecule has 0 aromatic rings. The molecule has 0 aromatic carbocycles. The minimum absolute atomic E-state index is 0.158. The molecule has 1 atom stereocenters. The topological polar surface area (TPSA) is 72.1 Å². The van der Waals surface area contributed by atoms with E-state index in [1.54, 1.807) is 0 Å². The van der Waals surface area contributed by atoms with Gasteiger partial charge in [0, 0.05) is 31.9 Å². The number of ether oxygens (including phenoxy) is 2. The normalized spacial score (nSPS) is 29.8. The second kappa shape index (κ2) is 7.62. The van der Waals surface area contributed by atoms with Crippen molar-refractivity contribution in [2.75, 3.05) is 46.0 Å². The van der Waals surface area contributed by atoms with Gasteiger partial charge in [-0.2, -0.15) is 0 Å². The predicted molar refractivity (Wildman–Crippen MR) is 87.1 cm³/mol. The maximum absolute atomic E-state index is 6.06. The van der Waals surface area contributed by atoms with Gasteiger partial charge in [0.1, 0.15) is 0 Å². The average molecular weight is 310 g/mol. The standard InChI is InChI=1S/C16H30N4O2/c17-15(18-12-14-4-3-9-22-14)19-13-16(5-10-21-11-6-16)20-7-1-2-8-20/h14H,1-13H2,(H3,17,18,19). The van der Waals surface area contributed by atoms with Crippen LogP contribution in [0.25, 0.3) is 0 Å². The zero-order valence-electron chi connectivity index (χ0n) is 13.6. The lowest BCUT2D eigenvalue weighted by atomic mass is 9.88. The summed E-state index contributed by atoms with van der Waals surface area (Å²) in [5.41, 5.74) is 6.22. The van der Waals surface area contributed by atoms with Gasteiger partial charge in [-0.25, -0.2) is 0 Å². The summed E-state index contributed by atoms with van der Waals surface area (Å²) in [4.78, 5) is 7.27. The minimum Gasteiger partial charge on any atom is -0.381 e. The van der Waals surface area contributed by atoms with Crippen LogP contribution in [0.3, 0.4) is 0 Å². The van der Waals surface area contributed by atoms with Crippen LogP contribution in [0.2, 0.25) is 0 Å². The molecular weight excluding hydrogens is 280 g/mol. The summed E-state index contributed by atoms with van der Waals surface area (Å²) in [6.45, 7) is 6.50. The van der Waals surface area contributed by atoms with E-state index in [0.29, 0.717) is 12.1 Å². The summed E-state index contributed by atoms with van der Waals surface area (Å²) in [6.07, 6.45) is 7.31. The van der Waals surface area contributed by atoms with E-state index in [1.807, 2.05) is 0 Å². The molecular formula is C16H30N4O2. The zero-order chi connectivity index (χ0) is 15.3. The van der Waals surface area contributed by atoms with E-state index in [2.05, 4.69) is 15.2 Å². The Kier molecular flexibility index (Phi) is 5.55. The van der Waals surface area contributed by atoms with Crippen LogP contribution >= 0.6 is 0 Å². The average Bonchev–Trinajstić information content (AvgIpc) is 3.25. The summed E-state index contributed by atoms with van der Waals surface area (Å²) in [5.74, 6) is 0.556. The molecule has 3 fully saturated rings. The van der Waals surface area contributed by atoms with Gasteiger partial charge in [-0.3, -0.25) is 9.89 Å². The van der Waals surface area contributed by atoms with E-state index in [9.17, 15) is 0 Å². The monoisotopic (exact) mass is 310 g/mol. The molecule has 3 saturated heterocycles. The first-order chi connectivity index (χ1) is 10.8. The van der Waals surface area contributed by atoms with E-state index in [1.165, 1.54) is 25.9 Å². The van der Waals surface area contributed by atoms with Gasteiger partial charge >= 0.3 is 0 Å². The van der Waals surface area contributed by atoms with Crippen molar-refractivity contribution in [2.24, 2.45) is 10.7 Å². The van der Waals surface area contributed by atoms with Gasteiger partial charge in [0.05, 0.1) is 12.6 Å². The van der Waals surface area contributed by atoms with Crippen molar-refractivity contribution < 1.29 is 9.47 Å². The lowest BCUT2D eigenvalue weighted by Gasteiger charge is -2.43. The Labute approximate surface area is 133 Å². The van der Waals surface area contributed by atoms with Gasteiger partial charge in [-0.1, -0.05) is 0 Å². The molecule has 0 aromatic heterocycles. The second-order valence-electron chi connectivity index (χ2n) is 6.75. The van der Waals surface area contributed by atoms with Crippen molar-refractivity contribution >= 4 is 5.96 Å². The number of rotatable bonds is 5. The number of nitrogens with two attached hydrogens (primary N) is 1. The molecule has 0 radical (unpaired) electrons. The molecule has 6 nitrogen and oxygen atoms in total. The van der Waals surface area contributed by atoms with Gasteiger partial charge in [0.25, 0.3) is 0 Å². The maximum atomic E-state index is 6.06. The lowest BCUT2D eigenvalue weighted by molar-refractivity contribution is -0.0138. The van der Waals surface area contributed by atoms with E-state index < -0.39 is 0 Å². The lowest BCUT2D eigenvalue weighted by Crippen LogP contribution is -2.53. The molecule has 0 amide bonds. The highest BCUT2D eigenvalue weighted by Crippen LogP contribution is 2.31. The van der Waals surface area contributed by atoms with E-state index >= 15 is 0 Å². The van der Waals surface area contributed by atoms with Crippen LogP contribution in [0.4, 0.5) is 0 Å². The summed E-state index contributed by atoms with van der Waals surface area (Å²) in [6, 6.07) is 0. The molecule has 3 N–H and O–H groups in total. The number of hydrogen-bond acceptors (Lipinski definition) is 4. The minimum atomic E-state index is 0.158. The van der Waals surface area contributed by atoms with Crippen molar-refractivity contribution in [1.29, 1.82) is 0 Å². The molecule has 3 rings (SSSR count). The Balaban J connectivity index is 1.53. The number of nitrogens with zero attached hydrogens (tertiary/aromatic N) is 2. The SMILES string of the molecule is NC(=NCC1(N2CCCC2)CCOCC1)NCC1CCCO1. The van der Waals surface area contributed by atoms with Crippen LogP contribution in [0.1, 0.15) is 38.5 Å². The van der Waals surface area contributed by atoms with Gasteiger partial charge in [-0.05, 0) is 51.6 Å². The van der Waals surface area contributed by atoms with E-state index in [0.717, 1.165) is 58.6 Å². The van der Waals surface area contributed by atoms with Crippen LogP contribution in [-0.2, 0) is 9.47 Å². The van der Waals surface area contributed by atoms with Crippen molar-refractivity contribution in [3.05, 3.63) is 0 Å². The fraction of sp³-hybridized carbons (Fsp3) is 0.938. The Morgan fingerprint density at radius 1 is 1.18 bits per heavy atom. The van der Waals surface area contributed by atoms with E-state index in [4.69, 9.17) is 15.2 Å². The number of guanidine groups is 1. The fourth-order valence-electron chi connectivity index (χ4n) is 3.83. The fourth-order valence-corrected chi connectivity index (χ4v) is 3.83. The van der Waals surface area contributed by atoms with Gasteiger partial charge in [-0.15, -0.1) is 0 Å². The first kappa shape index (κ1) is 16.0. The van der Waals surface area contributed by atoms with Gasteiger partial charge < -0.3 is 20.5 Å². The maximum Gasteiger partial charge on any atom is 0.188 e. The van der Waals surface area contributed by atoms with Crippen molar-refractivity contribution in [3.8, 4) is 0 Å². The van der Waals surface area contributed by atoms with Gasteiger partial charge in [0.15, 0.2) is 5.96 Å². The van der Waals surface area contributed by atoms with Gasteiger partial charge in [0.2, 0.25) is 0 Å². The second-order valence-corrected chi connectivity index (χ2v) is 6.75. The Morgan fingerprint density at radius 3 is 2.64 bits per heavy atom. The highest BCUT2D eigenvalue weighted by atomic mass is 16.5. The summed E-state index contributed by atoms with van der Waals surface area (Å²) in [5, 5.41) is 3.22. The third-order valence-electron chi connectivity index (χ3n) is 5.28. The van der Waals surface area contributed by atoms with Crippen LogP contribution in [0.5, 0.6) is 0 Å². The van der Waals surface area contributed by atoms with Crippen LogP contribution in [0, 0.1) is 0 Å². The summed E-state index contributed by atoms with van der Waals surface area (Å²) in [7, 11) is 0. The molecule has 0 spiro atoms. The molecule has 0 bridgehead atoms. The van der Waals surface area contributed by atoms with Crippen LogP contribution < -0.4 is 11.1 Å². The van der Waals surface area contributed by atoms with Crippen LogP contribution in [-0.4, -0.2) is 68.5 Å². The number of nitrogens with one attached hydrogen (secondary N) is 1. The summed E-state index contributed by atoms with van der Waals surface area (Å²) >= 11 is 0. The smallest absolute Gasteiger partial charge is 0.188 e. The first-order valence-electron chi connectivity index (χ1n) is 8.77. The quantitative estimate of drug-likeness (QED) is 0.578. The van der Waals surface area contributed by atoms with Crippen molar-refractivity contribution in [3.63, 3.8) is 0 Å². The highest BCUT2D eigenvalue weighted by molar-refractivity contribution is 5.77. The Morgan fingerprint density at radius 2 is 1.95 bits per heavy atom. The third kappa shape index (κ3) is 3.91. The summed E-state index contributed by atoms with van der Waals surface area (Å²) < 4.78 is 11.2. The number of likely N-dealkylation sites (tertiary alicyclic amines) is 1. The molecule has 3 aliphatic rings. The predicted octanol–water partition coefficient (Wildman–Crippen LogP) is 0.715. The molecule has 1 unspecified atom stereocenters. The van der Waals surface area contributed by atoms with E-state index in [-0.39, 0.29) is 5.54 Å². The first-order valence-corrected chi connectivity index (χ1v) is 8.77. The van der Waals surface area contributed by atoms with Crippen molar-refractivity contribution in [1.82, 2.24) is 10.2 Å². The highest BCUT2D eigenvalue weighted by Gasteiger charge is 2.39. The Hall–Kier alpha value is -0.850. The molecule has 3 aliphatic heterocycles.